The molecule has 2 amide bonds. The molecule has 2 fully saturated rings. The summed E-state index contributed by atoms with van der Waals surface area (Å²) in [5.41, 5.74) is 0.535. The van der Waals surface area contributed by atoms with E-state index in [4.69, 9.17) is 9.47 Å². The fraction of sp³-hybridized carbons (Fsp3) is 0.609. The molecule has 7 heteroatoms. The van der Waals surface area contributed by atoms with Crippen LogP contribution in [0.1, 0.15) is 58.1 Å². The molecule has 164 valence electrons. The predicted octanol–water partition coefficient (Wildman–Crippen LogP) is 3.44. The van der Waals surface area contributed by atoms with Gasteiger partial charge in [0.05, 0.1) is 12.0 Å². The van der Waals surface area contributed by atoms with E-state index in [2.05, 4.69) is 5.32 Å². The molecule has 0 spiro atoms. The van der Waals surface area contributed by atoms with Crippen molar-refractivity contribution in [2.24, 2.45) is 11.8 Å². The van der Waals surface area contributed by atoms with E-state index in [1.807, 2.05) is 51.1 Å². The Morgan fingerprint density at radius 2 is 1.70 bits per heavy atom. The van der Waals surface area contributed by atoms with Gasteiger partial charge in [0.15, 0.2) is 6.61 Å². The van der Waals surface area contributed by atoms with Crippen molar-refractivity contribution in [2.75, 3.05) is 19.7 Å². The molecule has 2 aliphatic rings. The number of esters is 1. The first-order chi connectivity index (χ1) is 14.2. The Hall–Kier alpha value is -2.57. The van der Waals surface area contributed by atoms with Crippen molar-refractivity contribution in [1.82, 2.24) is 10.2 Å². The molecule has 0 radical (unpaired) electrons. The lowest BCUT2D eigenvalue weighted by molar-refractivity contribution is -0.154. The number of rotatable bonds is 6. The quantitative estimate of drug-likeness (QED) is 0.718. The lowest BCUT2D eigenvalue weighted by Gasteiger charge is -2.32. The van der Waals surface area contributed by atoms with Crippen LogP contribution in [0.2, 0.25) is 0 Å². The number of nitrogens with zero attached hydrogens (tertiary/aromatic N) is 1. The molecule has 1 N–H and O–H groups in total. The molecule has 1 aliphatic carbocycles. The van der Waals surface area contributed by atoms with E-state index in [-0.39, 0.29) is 36.5 Å². The Morgan fingerprint density at radius 1 is 1.07 bits per heavy atom. The Kier molecular flexibility index (Phi) is 7.00. The van der Waals surface area contributed by atoms with Crippen molar-refractivity contribution in [3.8, 4) is 0 Å². The molecular formula is C23H32N2O5. The van der Waals surface area contributed by atoms with E-state index in [1.165, 1.54) is 0 Å². The maximum absolute atomic E-state index is 12.4. The van der Waals surface area contributed by atoms with Gasteiger partial charge in [-0.1, -0.05) is 30.3 Å². The summed E-state index contributed by atoms with van der Waals surface area (Å²) in [4.78, 5) is 38.5. The van der Waals surface area contributed by atoms with Gasteiger partial charge in [-0.2, -0.15) is 0 Å². The minimum absolute atomic E-state index is 0.0329. The number of benzene rings is 1. The van der Waals surface area contributed by atoms with Gasteiger partial charge in [0.25, 0.3) is 5.91 Å². The zero-order valence-corrected chi connectivity index (χ0v) is 18.1. The number of piperidine rings is 1. The predicted molar refractivity (Wildman–Crippen MR) is 112 cm³/mol. The Balaban J connectivity index is 1.41. The maximum atomic E-state index is 12.4. The standard InChI is InChI=1S/C23H32N2O5/c1-23(2,3)30-22(28)25-13-11-18(12-14-25)21(27)29-15-19(26)24-20(17-9-10-17)16-7-5-4-6-8-16/h4-8,17-18,20H,9-15H2,1-3H3,(H,24,26). The van der Waals surface area contributed by atoms with Gasteiger partial charge in [0, 0.05) is 13.1 Å². The van der Waals surface area contributed by atoms with E-state index in [1.54, 1.807) is 4.90 Å². The molecule has 30 heavy (non-hydrogen) atoms. The van der Waals surface area contributed by atoms with Crippen LogP contribution in [0.3, 0.4) is 0 Å². The number of amides is 2. The third-order valence-corrected chi connectivity index (χ3v) is 5.39. The molecular weight excluding hydrogens is 384 g/mol. The van der Waals surface area contributed by atoms with E-state index >= 15 is 0 Å². The third-order valence-electron chi connectivity index (χ3n) is 5.39. The first-order valence-electron chi connectivity index (χ1n) is 10.7. The van der Waals surface area contributed by atoms with Crippen molar-refractivity contribution in [2.45, 2.75) is 58.1 Å². The van der Waals surface area contributed by atoms with E-state index in [0.29, 0.717) is 31.8 Å². The molecule has 1 saturated heterocycles. The highest BCUT2D eigenvalue weighted by Gasteiger charge is 2.34. The van der Waals surface area contributed by atoms with E-state index in [9.17, 15) is 14.4 Å². The third kappa shape index (κ3) is 6.47. The highest BCUT2D eigenvalue weighted by Crippen LogP contribution is 2.40. The van der Waals surface area contributed by atoms with Crippen LogP contribution in [0.25, 0.3) is 0 Å². The summed E-state index contributed by atoms with van der Waals surface area (Å²) in [6.07, 6.45) is 2.84. The molecule has 7 nitrogen and oxygen atoms in total. The lowest BCUT2D eigenvalue weighted by Crippen LogP contribution is -2.43. The van der Waals surface area contributed by atoms with Crippen LogP contribution < -0.4 is 5.32 Å². The topological polar surface area (TPSA) is 84.9 Å². The zero-order valence-electron chi connectivity index (χ0n) is 18.1. The van der Waals surface area contributed by atoms with Crippen molar-refractivity contribution in [1.29, 1.82) is 0 Å². The number of ether oxygens (including phenoxy) is 2. The number of carbonyl (C=O) groups excluding carboxylic acids is 3. The molecule has 1 aliphatic heterocycles. The molecule has 1 unspecified atom stereocenters. The Labute approximate surface area is 178 Å². The second-order valence-corrected chi connectivity index (χ2v) is 9.14. The Bertz CT molecular complexity index is 747. The van der Waals surface area contributed by atoms with E-state index < -0.39 is 5.60 Å². The zero-order chi connectivity index (χ0) is 21.7. The number of hydrogen-bond donors (Lipinski definition) is 1. The highest BCUT2D eigenvalue weighted by molar-refractivity contribution is 5.81. The first kappa shape index (κ1) is 22.1. The molecule has 1 aromatic carbocycles. The average Bonchev–Trinajstić information content (AvgIpc) is 3.55. The summed E-state index contributed by atoms with van der Waals surface area (Å²) in [7, 11) is 0. The van der Waals surface area contributed by atoms with Gasteiger partial charge in [-0.05, 0) is 57.9 Å². The second kappa shape index (κ2) is 9.49. The summed E-state index contributed by atoms with van der Waals surface area (Å²) in [6, 6.07) is 9.85. The molecule has 0 aromatic heterocycles. The minimum atomic E-state index is -0.543. The summed E-state index contributed by atoms with van der Waals surface area (Å²) >= 11 is 0. The molecule has 1 saturated carbocycles. The van der Waals surface area contributed by atoms with Gasteiger partial charge in [-0.3, -0.25) is 9.59 Å². The van der Waals surface area contributed by atoms with Crippen molar-refractivity contribution >= 4 is 18.0 Å². The number of likely N-dealkylation sites (tertiary alicyclic amines) is 1. The number of nitrogens with one attached hydrogen (secondary N) is 1. The van der Waals surface area contributed by atoms with Crippen LogP contribution in [-0.4, -0.2) is 48.2 Å². The van der Waals surface area contributed by atoms with Gasteiger partial charge in [0.2, 0.25) is 0 Å². The van der Waals surface area contributed by atoms with Crippen LogP contribution in [0.4, 0.5) is 4.79 Å². The lowest BCUT2D eigenvalue weighted by atomic mass is 9.97. The molecule has 1 aromatic rings. The molecule has 3 rings (SSSR count). The number of carbonyl (C=O) groups is 3. The monoisotopic (exact) mass is 416 g/mol. The van der Waals surface area contributed by atoms with Crippen molar-refractivity contribution in [3.63, 3.8) is 0 Å². The van der Waals surface area contributed by atoms with Gasteiger partial charge in [-0.25, -0.2) is 4.79 Å². The molecule has 1 heterocycles. The van der Waals surface area contributed by atoms with Crippen LogP contribution >= 0.6 is 0 Å². The fourth-order valence-electron chi connectivity index (χ4n) is 3.66. The normalized spacial score (nSPS) is 18.4. The largest absolute Gasteiger partial charge is 0.455 e. The Morgan fingerprint density at radius 3 is 2.27 bits per heavy atom. The van der Waals surface area contributed by atoms with Crippen molar-refractivity contribution < 1.29 is 23.9 Å². The average molecular weight is 417 g/mol. The van der Waals surface area contributed by atoms with Crippen LogP contribution in [0, 0.1) is 11.8 Å². The van der Waals surface area contributed by atoms with Crippen LogP contribution in [0.5, 0.6) is 0 Å². The van der Waals surface area contributed by atoms with Gasteiger partial charge in [0.1, 0.15) is 5.60 Å². The smallest absolute Gasteiger partial charge is 0.410 e. The second-order valence-electron chi connectivity index (χ2n) is 9.14. The van der Waals surface area contributed by atoms with Gasteiger partial charge in [-0.15, -0.1) is 0 Å². The SMILES string of the molecule is CC(C)(C)OC(=O)N1CCC(C(=O)OCC(=O)NC(c2ccccc2)C2CC2)CC1. The summed E-state index contributed by atoms with van der Waals surface area (Å²) in [6.45, 7) is 6.08. The summed E-state index contributed by atoms with van der Waals surface area (Å²) in [5, 5.41) is 3.01. The minimum Gasteiger partial charge on any atom is -0.455 e. The number of hydrogen-bond acceptors (Lipinski definition) is 5. The fourth-order valence-corrected chi connectivity index (χ4v) is 3.66. The first-order valence-corrected chi connectivity index (χ1v) is 10.7. The summed E-state index contributed by atoms with van der Waals surface area (Å²) in [5.74, 6) is -0.513. The van der Waals surface area contributed by atoms with Crippen molar-refractivity contribution in [3.05, 3.63) is 35.9 Å². The maximum Gasteiger partial charge on any atom is 0.410 e. The van der Waals surface area contributed by atoms with Crippen LogP contribution in [0.15, 0.2) is 30.3 Å². The van der Waals surface area contributed by atoms with Gasteiger partial charge >= 0.3 is 12.1 Å². The highest BCUT2D eigenvalue weighted by atomic mass is 16.6. The van der Waals surface area contributed by atoms with E-state index in [0.717, 1.165) is 18.4 Å². The molecule has 0 bridgehead atoms. The summed E-state index contributed by atoms with van der Waals surface area (Å²) < 4.78 is 10.6. The molecule has 1 atom stereocenters. The van der Waals surface area contributed by atoms with Gasteiger partial charge < -0.3 is 19.7 Å². The van der Waals surface area contributed by atoms with Crippen LogP contribution in [-0.2, 0) is 19.1 Å².